The van der Waals surface area contributed by atoms with Crippen molar-refractivity contribution >= 4 is 34.6 Å². The van der Waals surface area contributed by atoms with Gasteiger partial charge in [0.1, 0.15) is 6.04 Å². The second kappa shape index (κ2) is 9.74. The maximum absolute atomic E-state index is 13.0. The molecule has 35 heavy (non-hydrogen) atoms. The molecule has 1 amide bonds. The minimum atomic E-state index is -0.228. The topological polar surface area (TPSA) is 120 Å². The van der Waals surface area contributed by atoms with E-state index in [9.17, 15) is 14.8 Å². The fourth-order valence-electron chi connectivity index (χ4n) is 4.07. The number of aryl methyl sites for hydroxylation is 1. The van der Waals surface area contributed by atoms with Crippen LogP contribution in [0.15, 0.2) is 35.0 Å². The highest BCUT2D eigenvalue weighted by atomic mass is 32.1. The molecule has 1 aliphatic rings. The van der Waals surface area contributed by atoms with Crippen molar-refractivity contribution in [2.45, 2.75) is 33.7 Å². The second-order valence-corrected chi connectivity index (χ2v) is 11.3. The number of carbonyl (C=O) groups is 1. The Bertz CT molecular complexity index is 1250. The van der Waals surface area contributed by atoms with Gasteiger partial charge >= 0.3 is 5.82 Å². The van der Waals surface area contributed by atoms with Crippen LogP contribution in [0.5, 0.6) is 5.75 Å². The third-order valence-electron chi connectivity index (χ3n) is 6.16. The summed E-state index contributed by atoms with van der Waals surface area (Å²) in [6.07, 6.45) is 0. The van der Waals surface area contributed by atoms with Gasteiger partial charge in [-0.15, -0.1) is 16.0 Å². The van der Waals surface area contributed by atoms with Gasteiger partial charge in [-0.3, -0.25) is 10.1 Å². The average molecular weight is 502 g/mol. The van der Waals surface area contributed by atoms with Crippen LogP contribution in [0.4, 0.5) is 17.3 Å². The molecule has 4 rings (SSSR count). The summed E-state index contributed by atoms with van der Waals surface area (Å²) in [7, 11) is 2.02. The molecule has 2 aromatic heterocycles. The summed E-state index contributed by atoms with van der Waals surface area (Å²) in [5, 5.41) is 19.8. The number of H-pyrrole nitrogens is 1. The molecule has 0 spiro atoms. The molecule has 0 radical (unpaired) electrons. The van der Waals surface area contributed by atoms with Crippen molar-refractivity contribution in [1.29, 1.82) is 0 Å². The molecule has 0 bridgehead atoms. The summed E-state index contributed by atoms with van der Waals surface area (Å²) < 4.78 is 5.36. The second-order valence-electron chi connectivity index (χ2n) is 9.99. The highest BCUT2D eigenvalue weighted by molar-refractivity contribution is 7.12. The van der Waals surface area contributed by atoms with Crippen molar-refractivity contribution in [2.24, 2.45) is 5.41 Å². The first-order valence-corrected chi connectivity index (χ1v) is 12.4. The minimum absolute atomic E-state index is 0.145. The average Bonchev–Trinajstić information content (AvgIpc) is 3.38. The van der Waals surface area contributed by atoms with Gasteiger partial charge in [-0.25, -0.2) is 0 Å². The number of piperazine rings is 1. The Labute approximate surface area is 208 Å². The number of hydrogen-bond donors (Lipinski definition) is 4. The van der Waals surface area contributed by atoms with Gasteiger partial charge in [0.15, 0.2) is 10.3 Å². The Hall–Kier alpha value is -3.31. The summed E-state index contributed by atoms with van der Waals surface area (Å²) in [6.45, 7) is 11.1. The van der Waals surface area contributed by atoms with Crippen LogP contribution in [0.2, 0.25) is 0 Å². The maximum Gasteiger partial charge on any atom is 0.367 e. The SMILES string of the molecule is Cc1ccc([C@H](Nc2c(Nc3cccc(C(=O)N4CCN(C)CC4)c3O)[nH]o[n+]2=O)C(C)(C)C)s1. The summed E-state index contributed by atoms with van der Waals surface area (Å²) in [5.74, 6) is -0.0302. The van der Waals surface area contributed by atoms with Crippen LogP contribution < -0.4 is 15.2 Å². The number of anilines is 3. The van der Waals surface area contributed by atoms with Crippen LogP contribution in [-0.2, 0) is 0 Å². The number of aromatic nitrogens is 2. The monoisotopic (exact) mass is 501 g/mol. The molecule has 1 saturated heterocycles. The highest BCUT2D eigenvalue weighted by Crippen LogP contribution is 2.40. The minimum Gasteiger partial charge on any atom is -0.505 e. The predicted octanol–water partition coefficient (Wildman–Crippen LogP) is 3.93. The van der Waals surface area contributed by atoms with Crippen molar-refractivity contribution in [2.75, 3.05) is 43.9 Å². The molecule has 4 N–H and O–H groups in total. The highest BCUT2D eigenvalue weighted by Gasteiger charge is 2.34. The first-order valence-electron chi connectivity index (χ1n) is 11.6. The quantitative estimate of drug-likeness (QED) is 0.378. The zero-order valence-electron chi connectivity index (χ0n) is 20.7. The summed E-state index contributed by atoms with van der Waals surface area (Å²) in [6, 6.07) is 8.85. The first-order chi connectivity index (χ1) is 16.5. The van der Waals surface area contributed by atoms with E-state index in [1.54, 1.807) is 34.4 Å². The lowest BCUT2D eigenvalue weighted by molar-refractivity contribution is -0.701. The van der Waals surface area contributed by atoms with E-state index in [-0.39, 0.29) is 46.0 Å². The van der Waals surface area contributed by atoms with E-state index in [0.717, 1.165) is 18.0 Å². The number of aromatic amines is 1. The van der Waals surface area contributed by atoms with Gasteiger partial charge in [0, 0.05) is 41.3 Å². The molecule has 0 aliphatic carbocycles. The van der Waals surface area contributed by atoms with E-state index in [4.69, 9.17) is 4.63 Å². The third kappa shape index (κ3) is 5.35. The predicted molar refractivity (Wildman–Crippen MR) is 136 cm³/mol. The number of phenolic OH excluding ortho intramolecular Hbond substituents is 1. The maximum atomic E-state index is 13.0. The number of amides is 1. The number of likely N-dealkylation sites (N-methyl/N-ethyl adjacent to an activating group) is 1. The summed E-state index contributed by atoms with van der Waals surface area (Å²) >= 11 is 1.66. The van der Waals surface area contributed by atoms with E-state index in [1.807, 2.05) is 26.1 Å². The van der Waals surface area contributed by atoms with Crippen molar-refractivity contribution in [3.8, 4) is 5.75 Å². The zero-order chi connectivity index (χ0) is 25.3. The molecule has 1 atom stereocenters. The fourth-order valence-corrected chi connectivity index (χ4v) is 5.25. The van der Waals surface area contributed by atoms with Gasteiger partial charge in [-0.2, -0.15) is 0 Å². The van der Waals surface area contributed by atoms with Crippen LogP contribution in [0.3, 0.4) is 0 Å². The summed E-state index contributed by atoms with van der Waals surface area (Å²) in [4.78, 5) is 31.7. The van der Waals surface area contributed by atoms with E-state index in [2.05, 4.69) is 41.5 Å². The molecule has 10 nitrogen and oxygen atoms in total. The van der Waals surface area contributed by atoms with Gasteiger partial charge in [0.2, 0.25) is 0 Å². The fraction of sp³-hybridized carbons (Fsp3) is 0.458. The first kappa shape index (κ1) is 24.8. The van der Waals surface area contributed by atoms with Crippen molar-refractivity contribution in [3.05, 3.63) is 50.6 Å². The molecule has 1 aromatic carbocycles. The van der Waals surface area contributed by atoms with Crippen LogP contribution in [0, 0.1) is 17.2 Å². The van der Waals surface area contributed by atoms with Crippen molar-refractivity contribution in [1.82, 2.24) is 15.0 Å². The van der Waals surface area contributed by atoms with Crippen LogP contribution in [0.1, 0.15) is 46.9 Å². The number of aromatic hydroxyl groups is 1. The lowest BCUT2D eigenvalue weighted by Gasteiger charge is -2.32. The number of phenols is 1. The Balaban J connectivity index is 1.60. The molecule has 0 unspecified atom stereocenters. The summed E-state index contributed by atoms with van der Waals surface area (Å²) in [5.41, 5.74) is 0.273. The molecule has 0 saturated carbocycles. The number of benzene rings is 1. The number of hydrogen-bond acceptors (Lipinski definition) is 8. The van der Waals surface area contributed by atoms with E-state index in [0.29, 0.717) is 17.7 Å². The standard InChI is InChI=1S/C24H32N6O4S/c1-15-9-10-18(35-15)20(24(2,3)4)26-22-21(27-34-30(22)33)25-17-8-6-7-16(19(17)31)23(32)29-13-11-28(5)12-14-29/h6-10,20H,11-14H2,1-5H3,(H3-,25,26,27,31,32,33)/p+1/t20-/m0/s1. The molecular formula is C24H33N6O4S+. The van der Waals surface area contributed by atoms with Gasteiger partial charge < -0.3 is 20.2 Å². The van der Waals surface area contributed by atoms with Gasteiger partial charge in [-0.05, 0) is 43.1 Å². The van der Waals surface area contributed by atoms with E-state index in [1.165, 1.54) is 4.88 Å². The molecule has 1 fully saturated rings. The van der Waals surface area contributed by atoms with Gasteiger partial charge in [-0.1, -0.05) is 32.0 Å². The number of rotatable bonds is 6. The number of para-hydroxylation sites is 1. The Morgan fingerprint density at radius 3 is 2.54 bits per heavy atom. The van der Waals surface area contributed by atoms with Crippen molar-refractivity contribution in [3.63, 3.8) is 0 Å². The van der Waals surface area contributed by atoms with Crippen molar-refractivity contribution < 1.29 is 19.1 Å². The largest absolute Gasteiger partial charge is 0.505 e. The Morgan fingerprint density at radius 2 is 1.91 bits per heavy atom. The third-order valence-corrected chi connectivity index (χ3v) is 7.22. The van der Waals surface area contributed by atoms with Crippen LogP contribution in [0.25, 0.3) is 0 Å². The van der Waals surface area contributed by atoms with E-state index >= 15 is 0 Å². The zero-order valence-corrected chi connectivity index (χ0v) is 21.5. The van der Waals surface area contributed by atoms with Gasteiger partial charge in [0.25, 0.3) is 11.7 Å². The molecule has 3 aromatic rings. The molecule has 1 aliphatic heterocycles. The number of carbonyl (C=O) groups excluding carboxylic acids is 1. The lowest BCUT2D eigenvalue weighted by Crippen LogP contribution is -2.47. The Kier molecular flexibility index (Phi) is 6.91. The molecular weight excluding hydrogens is 468 g/mol. The molecule has 188 valence electrons. The molecule has 3 heterocycles. The normalized spacial score (nSPS) is 15.7. The van der Waals surface area contributed by atoms with Gasteiger partial charge in [0.05, 0.1) is 11.3 Å². The molecule has 11 heteroatoms. The van der Waals surface area contributed by atoms with E-state index < -0.39 is 0 Å². The van der Waals surface area contributed by atoms with Crippen LogP contribution >= 0.6 is 11.3 Å². The smallest absolute Gasteiger partial charge is 0.367 e. The number of thiophene rings is 1. The Morgan fingerprint density at radius 1 is 1.20 bits per heavy atom. The lowest BCUT2D eigenvalue weighted by atomic mass is 9.86. The van der Waals surface area contributed by atoms with Crippen LogP contribution in [-0.4, -0.2) is 59.2 Å². The number of nitrogens with one attached hydrogen (secondary N) is 3. The number of nitrogens with zero attached hydrogens (tertiary/aromatic N) is 3.